The van der Waals surface area contributed by atoms with E-state index in [0.29, 0.717) is 11.5 Å². The molecule has 22 heavy (non-hydrogen) atoms. The molecule has 1 fully saturated rings. The van der Waals surface area contributed by atoms with Crippen molar-refractivity contribution in [3.05, 3.63) is 42.1 Å². The average Bonchev–Trinajstić information content (AvgIpc) is 3.19. The van der Waals surface area contributed by atoms with Gasteiger partial charge in [0.05, 0.1) is 5.69 Å². The first-order valence-electron chi connectivity index (χ1n) is 7.75. The van der Waals surface area contributed by atoms with E-state index in [1.807, 2.05) is 38.1 Å². The zero-order chi connectivity index (χ0) is 15.5. The van der Waals surface area contributed by atoms with E-state index >= 15 is 0 Å². The zero-order valence-corrected chi connectivity index (χ0v) is 13.0. The summed E-state index contributed by atoms with van der Waals surface area (Å²) in [4.78, 5) is 18.8. The molecule has 1 saturated heterocycles. The van der Waals surface area contributed by atoms with E-state index in [2.05, 4.69) is 15.2 Å². The standard InChI is InChI=1S/C17H21N3O2/c1-12(2)15-16(22-11-18-15)17(21)19-13-5-7-14(8-6-13)20-9-3-4-10-20/h5-8,11-12H,3-4,9-10H2,1-2H3,(H,19,21). The maximum Gasteiger partial charge on any atom is 0.293 e. The molecule has 5 heteroatoms. The zero-order valence-electron chi connectivity index (χ0n) is 13.0. The molecule has 1 aliphatic heterocycles. The lowest BCUT2D eigenvalue weighted by atomic mass is 10.1. The van der Waals surface area contributed by atoms with Crippen molar-refractivity contribution in [1.29, 1.82) is 0 Å². The lowest BCUT2D eigenvalue weighted by Crippen LogP contribution is -2.17. The van der Waals surface area contributed by atoms with Gasteiger partial charge < -0.3 is 14.6 Å². The van der Waals surface area contributed by atoms with Crippen LogP contribution in [-0.4, -0.2) is 24.0 Å². The van der Waals surface area contributed by atoms with E-state index in [-0.39, 0.29) is 11.8 Å². The number of nitrogens with one attached hydrogen (secondary N) is 1. The number of nitrogens with zero attached hydrogens (tertiary/aromatic N) is 2. The Kier molecular flexibility index (Phi) is 4.13. The Morgan fingerprint density at radius 1 is 1.23 bits per heavy atom. The molecule has 1 aromatic carbocycles. The second-order valence-electron chi connectivity index (χ2n) is 5.92. The first-order valence-corrected chi connectivity index (χ1v) is 7.75. The van der Waals surface area contributed by atoms with Gasteiger partial charge in [0.1, 0.15) is 0 Å². The molecule has 0 unspecified atom stereocenters. The molecule has 0 atom stereocenters. The number of carbonyl (C=O) groups excluding carboxylic acids is 1. The quantitative estimate of drug-likeness (QED) is 0.936. The lowest BCUT2D eigenvalue weighted by molar-refractivity contribution is 0.0995. The monoisotopic (exact) mass is 299 g/mol. The summed E-state index contributed by atoms with van der Waals surface area (Å²) < 4.78 is 5.23. The van der Waals surface area contributed by atoms with Crippen LogP contribution >= 0.6 is 0 Å². The SMILES string of the molecule is CC(C)c1ncoc1C(=O)Nc1ccc(N2CCCC2)cc1. The average molecular weight is 299 g/mol. The second kappa shape index (κ2) is 6.22. The maximum absolute atomic E-state index is 12.3. The van der Waals surface area contributed by atoms with E-state index in [1.165, 1.54) is 24.9 Å². The van der Waals surface area contributed by atoms with Gasteiger partial charge in [-0.05, 0) is 43.0 Å². The van der Waals surface area contributed by atoms with Crippen LogP contribution in [0.5, 0.6) is 0 Å². The van der Waals surface area contributed by atoms with E-state index in [0.717, 1.165) is 18.8 Å². The van der Waals surface area contributed by atoms with Crippen LogP contribution in [0.2, 0.25) is 0 Å². The summed E-state index contributed by atoms with van der Waals surface area (Å²) in [6.07, 6.45) is 3.82. The molecule has 1 aliphatic rings. The number of hydrogen-bond acceptors (Lipinski definition) is 4. The number of hydrogen-bond donors (Lipinski definition) is 1. The van der Waals surface area contributed by atoms with Gasteiger partial charge in [-0.3, -0.25) is 4.79 Å². The molecule has 1 amide bonds. The van der Waals surface area contributed by atoms with Gasteiger partial charge in [0.15, 0.2) is 6.39 Å². The third-order valence-electron chi connectivity index (χ3n) is 3.94. The fraction of sp³-hybridized carbons (Fsp3) is 0.412. The summed E-state index contributed by atoms with van der Waals surface area (Å²) in [5.41, 5.74) is 2.66. The minimum Gasteiger partial charge on any atom is -0.438 e. The molecular weight excluding hydrogens is 278 g/mol. The molecule has 116 valence electrons. The summed E-state index contributed by atoms with van der Waals surface area (Å²) in [7, 11) is 0. The number of oxazole rings is 1. The predicted molar refractivity (Wildman–Crippen MR) is 86.4 cm³/mol. The molecule has 1 aromatic heterocycles. The van der Waals surface area contributed by atoms with Crippen LogP contribution in [0.1, 0.15) is 48.9 Å². The Labute approximate surface area is 130 Å². The Morgan fingerprint density at radius 2 is 1.91 bits per heavy atom. The van der Waals surface area contributed by atoms with E-state index < -0.39 is 0 Å². The maximum atomic E-state index is 12.3. The Balaban J connectivity index is 1.70. The van der Waals surface area contributed by atoms with Gasteiger partial charge in [-0.15, -0.1) is 0 Å². The fourth-order valence-corrected chi connectivity index (χ4v) is 2.75. The van der Waals surface area contributed by atoms with E-state index in [9.17, 15) is 4.79 Å². The minimum atomic E-state index is -0.255. The van der Waals surface area contributed by atoms with Gasteiger partial charge in [-0.25, -0.2) is 4.98 Å². The number of carbonyl (C=O) groups is 1. The van der Waals surface area contributed by atoms with Gasteiger partial charge in [0, 0.05) is 24.5 Å². The molecular formula is C17H21N3O2. The van der Waals surface area contributed by atoms with Gasteiger partial charge in [-0.2, -0.15) is 0 Å². The molecule has 0 bridgehead atoms. The van der Waals surface area contributed by atoms with E-state index in [1.54, 1.807) is 0 Å². The van der Waals surface area contributed by atoms with Crippen molar-refractivity contribution in [1.82, 2.24) is 4.98 Å². The van der Waals surface area contributed by atoms with Crippen molar-refractivity contribution in [2.45, 2.75) is 32.6 Å². The van der Waals surface area contributed by atoms with Crippen LogP contribution in [0.15, 0.2) is 35.1 Å². The highest BCUT2D eigenvalue weighted by Gasteiger charge is 2.19. The second-order valence-corrected chi connectivity index (χ2v) is 5.92. The molecule has 0 aliphatic carbocycles. The first-order chi connectivity index (χ1) is 10.6. The van der Waals surface area contributed by atoms with Crippen LogP contribution in [0, 0.1) is 0 Å². The highest BCUT2D eigenvalue weighted by Crippen LogP contribution is 2.23. The minimum absolute atomic E-state index is 0.150. The highest BCUT2D eigenvalue weighted by atomic mass is 16.3. The van der Waals surface area contributed by atoms with Gasteiger partial charge in [0.25, 0.3) is 5.91 Å². The van der Waals surface area contributed by atoms with Gasteiger partial charge >= 0.3 is 0 Å². The molecule has 0 saturated carbocycles. The van der Waals surface area contributed by atoms with Gasteiger partial charge in [0.2, 0.25) is 5.76 Å². The fourth-order valence-electron chi connectivity index (χ4n) is 2.75. The van der Waals surface area contributed by atoms with Crippen molar-refractivity contribution < 1.29 is 9.21 Å². The summed E-state index contributed by atoms with van der Waals surface area (Å²) in [6.45, 7) is 6.20. The molecule has 5 nitrogen and oxygen atoms in total. The van der Waals surface area contributed by atoms with Crippen molar-refractivity contribution >= 4 is 17.3 Å². The lowest BCUT2D eigenvalue weighted by Gasteiger charge is -2.17. The largest absolute Gasteiger partial charge is 0.438 e. The smallest absolute Gasteiger partial charge is 0.293 e. The first kappa shape index (κ1) is 14.6. The number of anilines is 2. The Bertz CT molecular complexity index is 640. The number of benzene rings is 1. The summed E-state index contributed by atoms with van der Waals surface area (Å²) >= 11 is 0. The third-order valence-corrected chi connectivity index (χ3v) is 3.94. The summed E-state index contributed by atoms with van der Waals surface area (Å²) in [6, 6.07) is 7.95. The predicted octanol–water partition coefficient (Wildman–Crippen LogP) is 3.65. The van der Waals surface area contributed by atoms with Crippen LogP contribution in [0.25, 0.3) is 0 Å². The topological polar surface area (TPSA) is 58.4 Å². The molecule has 0 spiro atoms. The molecule has 1 N–H and O–H groups in total. The van der Waals surface area contributed by atoms with Crippen molar-refractivity contribution in [2.24, 2.45) is 0 Å². The van der Waals surface area contributed by atoms with Crippen LogP contribution in [0.3, 0.4) is 0 Å². The molecule has 2 aromatic rings. The number of aromatic nitrogens is 1. The Hall–Kier alpha value is -2.30. The summed E-state index contributed by atoms with van der Waals surface area (Å²) in [5.74, 6) is 0.186. The molecule has 2 heterocycles. The van der Waals surface area contributed by atoms with Crippen molar-refractivity contribution in [3.63, 3.8) is 0 Å². The number of rotatable bonds is 4. The Morgan fingerprint density at radius 3 is 2.55 bits per heavy atom. The summed E-state index contributed by atoms with van der Waals surface area (Å²) in [5, 5.41) is 2.87. The van der Waals surface area contributed by atoms with Gasteiger partial charge in [-0.1, -0.05) is 13.8 Å². The van der Waals surface area contributed by atoms with Crippen molar-refractivity contribution in [3.8, 4) is 0 Å². The van der Waals surface area contributed by atoms with Crippen LogP contribution in [0.4, 0.5) is 11.4 Å². The van der Waals surface area contributed by atoms with Crippen LogP contribution < -0.4 is 10.2 Å². The third kappa shape index (κ3) is 2.98. The molecule has 3 rings (SSSR count). The number of amides is 1. The molecule has 0 radical (unpaired) electrons. The van der Waals surface area contributed by atoms with E-state index in [4.69, 9.17) is 4.42 Å². The normalized spacial score (nSPS) is 14.6. The van der Waals surface area contributed by atoms with Crippen LogP contribution in [-0.2, 0) is 0 Å². The van der Waals surface area contributed by atoms with Crippen molar-refractivity contribution in [2.75, 3.05) is 23.3 Å². The highest BCUT2D eigenvalue weighted by molar-refractivity contribution is 6.03.